The first-order valence-electron chi connectivity index (χ1n) is 4.98. The molecule has 13 heavy (non-hydrogen) atoms. The summed E-state index contributed by atoms with van der Waals surface area (Å²) in [6.45, 7) is 3.72. The number of hydrogen-bond donors (Lipinski definition) is 0. The van der Waals surface area contributed by atoms with Gasteiger partial charge in [0.2, 0.25) is 0 Å². The van der Waals surface area contributed by atoms with Gasteiger partial charge in [0.25, 0.3) is 10.1 Å². The van der Waals surface area contributed by atoms with Gasteiger partial charge in [-0.3, -0.25) is 4.18 Å². The Morgan fingerprint density at radius 3 is 2.38 bits per heavy atom. The second kappa shape index (κ2) is 4.42. The van der Waals surface area contributed by atoms with Crippen molar-refractivity contribution in [3.05, 3.63) is 0 Å². The lowest BCUT2D eigenvalue weighted by molar-refractivity contribution is 0.220. The van der Waals surface area contributed by atoms with E-state index in [4.69, 9.17) is 4.18 Å². The van der Waals surface area contributed by atoms with Crippen molar-refractivity contribution in [2.75, 3.05) is 0 Å². The molecule has 4 heteroatoms. The minimum Gasteiger partial charge on any atom is -0.267 e. The molecule has 78 valence electrons. The van der Waals surface area contributed by atoms with Crippen LogP contribution in [0, 0.1) is 0 Å². The first-order chi connectivity index (χ1) is 6.06. The van der Waals surface area contributed by atoms with Gasteiger partial charge in [0.1, 0.15) is 0 Å². The smallest absolute Gasteiger partial charge is 0.267 e. The predicted molar refractivity (Wildman–Crippen MR) is 52.0 cm³/mol. The molecule has 1 rings (SSSR count). The zero-order valence-corrected chi connectivity index (χ0v) is 9.14. The highest BCUT2D eigenvalue weighted by Crippen LogP contribution is 2.26. The fraction of sp³-hybridized carbons (Fsp3) is 1.00. The van der Waals surface area contributed by atoms with Crippen molar-refractivity contribution in [1.29, 1.82) is 0 Å². The Morgan fingerprint density at radius 1 is 1.38 bits per heavy atom. The summed E-state index contributed by atoms with van der Waals surface area (Å²) >= 11 is 0. The maximum atomic E-state index is 11.6. The molecule has 0 radical (unpaired) electrons. The van der Waals surface area contributed by atoms with Gasteiger partial charge in [0, 0.05) is 0 Å². The third-order valence-electron chi connectivity index (χ3n) is 2.58. The van der Waals surface area contributed by atoms with Crippen LogP contribution in [0.2, 0.25) is 0 Å². The second-order valence-corrected chi connectivity index (χ2v) is 5.56. The van der Waals surface area contributed by atoms with Crippen molar-refractivity contribution >= 4 is 10.1 Å². The Morgan fingerprint density at radius 2 is 1.92 bits per heavy atom. The third kappa shape index (κ3) is 2.95. The average molecular weight is 206 g/mol. The van der Waals surface area contributed by atoms with Crippen LogP contribution in [-0.4, -0.2) is 19.8 Å². The molecule has 0 aliphatic heterocycles. The van der Waals surface area contributed by atoms with Crippen molar-refractivity contribution in [2.24, 2.45) is 0 Å². The van der Waals surface area contributed by atoms with Crippen molar-refractivity contribution in [3.63, 3.8) is 0 Å². The van der Waals surface area contributed by atoms with Crippen LogP contribution in [0.1, 0.15) is 46.0 Å². The zero-order chi connectivity index (χ0) is 9.90. The predicted octanol–water partition coefficient (Wildman–Crippen LogP) is 2.07. The largest absolute Gasteiger partial charge is 0.270 e. The molecule has 0 heterocycles. The van der Waals surface area contributed by atoms with Crippen molar-refractivity contribution in [3.8, 4) is 0 Å². The van der Waals surface area contributed by atoms with Gasteiger partial charge in [0.15, 0.2) is 0 Å². The normalized spacial score (nSPS) is 22.0. The summed E-state index contributed by atoms with van der Waals surface area (Å²) in [5, 5.41) is -0.235. The minimum absolute atomic E-state index is 0.175. The van der Waals surface area contributed by atoms with Crippen LogP contribution < -0.4 is 0 Å². The van der Waals surface area contributed by atoms with Crippen molar-refractivity contribution < 1.29 is 12.6 Å². The summed E-state index contributed by atoms with van der Waals surface area (Å²) in [5.41, 5.74) is 0. The molecule has 1 fully saturated rings. The second-order valence-electron chi connectivity index (χ2n) is 3.71. The Kier molecular flexibility index (Phi) is 3.74. The van der Waals surface area contributed by atoms with Crippen molar-refractivity contribution in [1.82, 2.24) is 0 Å². The Labute approximate surface area is 80.6 Å². The van der Waals surface area contributed by atoms with E-state index >= 15 is 0 Å². The molecule has 3 nitrogen and oxygen atoms in total. The van der Waals surface area contributed by atoms with E-state index in [9.17, 15) is 8.42 Å². The van der Waals surface area contributed by atoms with Crippen LogP contribution in [0.15, 0.2) is 0 Å². The van der Waals surface area contributed by atoms with Gasteiger partial charge < -0.3 is 0 Å². The van der Waals surface area contributed by atoms with Crippen LogP contribution in [0.25, 0.3) is 0 Å². The quantitative estimate of drug-likeness (QED) is 0.661. The minimum atomic E-state index is -3.27. The maximum Gasteiger partial charge on any atom is 0.270 e. The van der Waals surface area contributed by atoms with Crippen LogP contribution >= 0.6 is 0 Å². The Bertz CT molecular complexity index is 240. The molecule has 1 saturated carbocycles. The van der Waals surface area contributed by atoms with Crippen LogP contribution in [0.4, 0.5) is 0 Å². The molecule has 0 saturated heterocycles. The topological polar surface area (TPSA) is 43.4 Å². The van der Waals surface area contributed by atoms with E-state index in [1.807, 2.05) is 6.92 Å². The molecule has 1 aliphatic carbocycles. The summed E-state index contributed by atoms with van der Waals surface area (Å²) in [7, 11) is -3.27. The standard InChI is InChI=1S/C9H18O3S/c1-3-8(2)12-13(10,11)9-6-4-5-7-9/h8-9H,3-7H2,1-2H3. The molecule has 0 bridgehead atoms. The molecule has 1 unspecified atom stereocenters. The van der Waals surface area contributed by atoms with Crippen molar-refractivity contribution in [2.45, 2.75) is 57.3 Å². The maximum absolute atomic E-state index is 11.6. The SMILES string of the molecule is CCC(C)OS(=O)(=O)C1CCCC1. The lowest BCUT2D eigenvalue weighted by atomic mass is 10.3. The van der Waals surface area contributed by atoms with E-state index in [-0.39, 0.29) is 11.4 Å². The molecule has 0 N–H and O–H groups in total. The summed E-state index contributed by atoms with van der Waals surface area (Å²) in [5.74, 6) is 0. The van der Waals surface area contributed by atoms with E-state index in [0.29, 0.717) is 0 Å². The van der Waals surface area contributed by atoms with E-state index in [0.717, 1.165) is 32.1 Å². The molecule has 1 aliphatic rings. The third-order valence-corrected chi connectivity index (χ3v) is 4.47. The van der Waals surface area contributed by atoms with Gasteiger partial charge >= 0.3 is 0 Å². The van der Waals surface area contributed by atoms with Gasteiger partial charge in [-0.2, -0.15) is 8.42 Å². The van der Waals surface area contributed by atoms with Gasteiger partial charge in [0.05, 0.1) is 11.4 Å². The summed E-state index contributed by atoms with van der Waals surface area (Å²) < 4.78 is 28.2. The van der Waals surface area contributed by atoms with Gasteiger partial charge in [-0.1, -0.05) is 19.8 Å². The van der Waals surface area contributed by atoms with E-state index in [1.54, 1.807) is 6.92 Å². The Balaban J connectivity index is 2.54. The summed E-state index contributed by atoms with van der Waals surface area (Å²) in [4.78, 5) is 0. The molecule has 0 aromatic rings. The highest BCUT2D eigenvalue weighted by atomic mass is 32.2. The molecular weight excluding hydrogens is 188 g/mol. The first-order valence-corrected chi connectivity index (χ1v) is 6.45. The van der Waals surface area contributed by atoms with Gasteiger partial charge in [-0.05, 0) is 26.2 Å². The van der Waals surface area contributed by atoms with Crippen LogP contribution in [0.5, 0.6) is 0 Å². The van der Waals surface area contributed by atoms with E-state index in [2.05, 4.69) is 0 Å². The molecular formula is C9H18O3S. The highest BCUT2D eigenvalue weighted by Gasteiger charge is 2.30. The fourth-order valence-corrected chi connectivity index (χ4v) is 3.21. The van der Waals surface area contributed by atoms with Crippen LogP contribution in [0.3, 0.4) is 0 Å². The first kappa shape index (κ1) is 11.0. The lowest BCUT2D eigenvalue weighted by Crippen LogP contribution is -2.24. The molecule has 0 spiro atoms. The number of hydrogen-bond acceptors (Lipinski definition) is 3. The van der Waals surface area contributed by atoms with Gasteiger partial charge in [-0.15, -0.1) is 0 Å². The van der Waals surface area contributed by atoms with Gasteiger partial charge in [-0.25, -0.2) is 0 Å². The zero-order valence-electron chi connectivity index (χ0n) is 8.32. The van der Waals surface area contributed by atoms with E-state index in [1.165, 1.54) is 0 Å². The number of rotatable bonds is 4. The molecule has 0 amide bonds. The average Bonchev–Trinajstić information content (AvgIpc) is 2.55. The molecule has 0 aromatic carbocycles. The lowest BCUT2D eigenvalue weighted by Gasteiger charge is -2.14. The Hall–Kier alpha value is -0.0900. The summed E-state index contributed by atoms with van der Waals surface area (Å²) in [6.07, 6.45) is 4.16. The molecule has 0 aromatic heterocycles. The van der Waals surface area contributed by atoms with Crippen LogP contribution in [-0.2, 0) is 14.3 Å². The monoisotopic (exact) mass is 206 g/mol. The summed E-state index contributed by atoms with van der Waals surface area (Å²) in [6, 6.07) is 0. The van der Waals surface area contributed by atoms with E-state index < -0.39 is 10.1 Å². The highest BCUT2D eigenvalue weighted by molar-refractivity contribution is 7.87. The fourth-order valence-electron chi connectivity index (χ4n) is 1.55. The molecule has 1 atom stereocenters.